The molecule has 0 aromatic carbocycles. The number of hydrogen-bond donors (Lipinski definition) is 4. The highest BCUT2D eigenvalue weighted by Crippen LogP contribution is 2.71. The third kappa shape index (κ3) is 3.89. The van der Waals surface area contributed by atoms with Gasteiger partial charge in [0.15, 0.2) is 5.78 Å². The van der Waals surface area contributed by atoms with Crippen molar-refractivity contribution in [3.05, 3.63) is 11.1 Å². The molecule has 4 N–H and O–H groups in total. The zero-order valence-electron chi connectivity index (χ0n) is 23.5. The third-order valence-corrected chi connectivity index (χ3v) is 11.8. The van der Waals surface area contributed by atoms with E-state index in [-0.39, 0.29) is 42.2 Å². The SMILES string of the molecule is CC(CC(O)CC(C)C1CC(O)C2(C)C3=C(C(=O)CC12C)C1(C)CCC(=O)C(C)(C)C1CC3O)C(=O)O. The van der Waals surface area contributed by atoms with Crippen LogP contribution in [0.5, 0.6) is 0 Å². The van der Waals surface area contributed by atoms with E-state index >= 15 is 0 Å². The number of carboxylic acids is 1. The highest BCUT2D eigenvalue weighted by molar-refractivity contribution is 6.01. The molecular weight excluding hydrogens is 472 g/mol. The molecule has 10 atom stereocenters. The van der Waals surface area contributed by atoms with Gasteiger partial charge in [0.1, 0.15) is 5.78 Å². The molecular formula is C30H46O7. The maximum Gasteiger partial charge on any atom is 0.306 e. The van der Waals surface area contributed by atoms with Crippen LogP contribution in [-0.4, -0.2) is 56.3 Å². The van der Waals surface area contributed by atoms with Crippen molar-refractivity contribution in [1.82, 2.24) is 0 Å². The molecule has 10 unspecified atom stereocenters. The van der Waals surface area contributed by atoms with Crippen LogP contribution < -0.4 is 0 Å². The number of fused-ring (bicyclic) bond motifs is 4. The molecule has 7 nitrogen and oxygen atoms in total. The number of carbonyl (C=O) groups excluding carboxylic acids is 2. The van der Waals surface area contributed by atoms with Crippen molar-refractivity contribution in [3.8, 4) is 0 Å². The molecule has 4 aliphatic rings. The molecule has 37 heavy (non-hydrogen) atoms. The van der Waals surface area contributed by atoms with Gasteiger partial charge in [0, 0.05) is 34.7 Å². The second kappa shape index (κ2) is 8.99. The lowest BCUT2D eigenvalue weighted by molar-refractivity contribution is -0.146. The van der Waals surface area contributed by atoms with E-state index in [1.165, 1.54) is 0 Å². The maximum absolute atomic E-state index is 14.1. The van der Waals surface area contributed by atoms with Crippen molar-refractivity contribution in [2.75, 3.05) is 0 Å². The Morgan fingerprint density at radius 1 is 1.03 bits per heavy atom. The highest BCUT2D eigenvalue weighted by atomic mass is 16.4. The third-order valence-electron chi connectivity index (χ3n) is 11.8. The highest BCUT2D eigenvalue weighted by Gasteiger charge is 2.70. The lowest BCUT2D eigenvalue weighted by Crippen LogP contribution is -2.60. The van der Waals surface area contributed by atoms with Gasteiger partial charge >= 0.3 is 5.97 Å². The lowest BCUT2D eigenvalue weighted by Gasteiger charge is -2.61. The maximum atomic E-state index is 14.1. The minimum Gasteiger partial charge on any atom is -0.481 e. The van der Waals surface area contributed by atoms with Gasteiger partial charge in [-0.25, -0.2) is 0 Å². The molecule has 0 aliphatic heterocycles. The average Bonchev–Trinajstić information content (AvgIpc) is 2.99. The number of ketones is 2. The fourth-order valence-electron chi connectivity index (χ4n) is 9.39. The summed E-state index contributed by atoms with van der Waals surface area (Å²) in [6, 6.07) is 0. The topological polar surface area (TPSA) is 132 Å². The second-order valence-electron chi connectivity index (χ2n) is 14.1. The quantitative estimate of drug-likeness (QED) is 0.419. The molecule has 0 aromatic heterocycles. The van der Waals surface area contributed by atoms with Gasteiger partial charge in [-0.2, -0.15) is 0 Å². The lowest BCUT2D eigenvalue weighted by atomic mass is 9.42. The molecule has 2 saturated carbocycles. The van der Waals surface area contributed by atoms with E-state index in [0.717, 1.165) is 0 Å². The molecule has 0 spiro atoms. The summed E-state index contributed by atoms with van der Waals surface area (Å²) < 4.78 is 0. The van der Waals surface area contributed by atoms with Gasteiger partial charge in [-0.15, -0.1) is 0 Å². The Labute approximate surface area is 220 Å². The van der Waals surface area contributed by atoms with E-state index in [9.17, 15) is 34.8 Å². The van der Waals surface area contributed by atoms with Crippen LogP contribution in [0.1, 0.15) is 93.4 Å². The first-order valence-corrected chi connectivity index (χ1v) is 14.0. The summed E-state index contributed by atoms with van der Waals surface area (Å²) in [5, 5.41) is 43.1. The summed E-state index contributed by atoms with van der Waals surface area (Å²) in [6.45, 7) is 13.6. The van der Waals surface area contributed by atoms with Crippen LogP contribution in [0, 0.1) is 45.3 Å². The van der Waals surface area contributed by atoms with Gasteiger partial charge < -0.3 is 20.4 Å². The smallest absolute Gasteiger partial charge is 0.306 e. The van der Waals surface area contributed by atoms with Crippen LogP contribution in [0.3, 0.4) is 0 Å². The molecule has 0 radical (unpaired) electrons. The number of hydrogen-bond acceptors (Lipinski definition) is 6. The molecule has 2 fully saturated rings. The van der Waals surface area contributed by atoms with Gasteiger partial charge in [-0.1, -0.05) is 48.5 Å². The van der Waals surface area contributed by atoms with E-state index in [1.807, 2.05) is 34.6 Å². The first-order chi connectivity index (χ1) is 16.9. The van der Waals surface area contributed by atoms with Crippen molar-refractivity contribution in [2.24, 2.45) is 45.3 Å². The molecule has 0 bridgehead atoms. The molecule has 4 rings (SSSR count). The van der Waals surface area contributed by atoms with Crippen LogP contribution in [-0.2, 0) is 14.4 Å². The van der Waals surface area contributed by atoms with Gasteiger partial charge in [-0.3, -0.25) is 14.4 Å². The number of carboxylic acid groups (broad SMARTS) is 1. The van der Waals surface area contributed by atoms with Gasteiger partial charge in [0.25, 0.3) is 0 Å². The molecule has 0 heterocycles. The Morgan fingerprint density at radius 2 is 1.65 bits per heavy atom. The van der Waals surface area contributed by atoms with Crippen molar-refractivity contribution in [1.29, 1.82) is 0 Å². The Kier molecular flexibility index (Phi) is 6.91. The monoisotopic (exact) mass is 518 g/mol. The standard InChI is InChI=1S/C30H46O7/c1-15(10-17(31)11-16(2)26(36)37)18-12-23(35)30(7)25-19(32)13-21-27(3,4)22(34)8-9-28(21,5)24(25)20(33)14-29(18,30)6/h15-19,21,23,31-32,35H,8-14H2,1-7H3,(H,36,37). The molecule has 7 heteroatoms. The predicted octanol–water partition coefficient (Wildman–Crippen LogP) is 3.92. The van der Waals surface area contributed by atoms with Crippen molar-refractivity contribution < 1.29 is 34.8 Å². The first-order valence-electron chi connectivity index (χ1n) is 14.0. The number of Topliss-reactive ketones (excluding diaryl/α,β-unsaturated/α-hetero) is 2. The van der Waals surface area contributed by atoms with Crippen LogP contribution in [0.4, 0.5) is 0 Å². The van der Waals surface area contributed by atoms with E-state index in [0.29, 0.717) is 43.3 Å². The zero-order chi connectivity index (χ0) is 27.9. The molecule has 0 saturated heterocycles. The summed E-state index contributed by atoms with van der Waals surface area (Å²) >= 11 is 0. The first kappa shape index (κ1) is 28.4. The molecule has 0 amide bonds. The largest absolute Gasteiger partial charge is 0.481 e. The Morgan fingerprint density at radius 3 is 2.24 bits per heavy atom. The number of aliphatic hydroxyl groups is 3. The number of carbonyl (C=O) groups is 3. The van der Waals surface area contributed by atoms with E-state index in [4.69, 9.17) is 0 Å². The fraction of sp³-hybridized carbons (Fsp3) is 0.833. The molecule has 0 aromatic rings. The van der Waals surface area contributed by atoms with E-state index in [2.05, 4.69) is 6.92 Å². The second-order valence-corrected chi connectivity index (χ2v) is 14.1. The van der Waals surface area contributed by atoms with Crippen LogP contribution in [0.2, 0.25) is 0 Å². The predicted molar refractivity (Wildman–Crippen MR) is 138 cm³/mol. The van der Waals surface area contributed by atoms with Crippen molar-refractivity contribution in [2.45, 2.75) is 112 Å². The summed E-state index contributed by atoms with van der Waals surface area (Å²) in [6.07, 6.45) is 0.176. The molecule has 4 aliphatic carbocycles. The summed E-state index contributed by atoms with van der Waals surface area (Å²) in [5.74, 6) is -1.69. The minimum atomic E-state index is -0.939. The average molecular weight is 519 g/mol. The zero-order valence-corrected chi connectivity index (χ0v) is 23.5. The van der Waals surface area contributed by atoms with Gasteiger partial charge in [0.05, 0.1) is 24.2 Å². The fourth-order valence-corrected chi connectivity index (χ4v) is 9.39. The molecule has 208 valence electrons. The Bertz CT molecular complexity index is 1030. The summed E-state index contributed by atoms with van der Waals surface area (Å²) in [4.78, 5) is 38.2. The number of allylic oxidation sites excluding steroid dienone is 1. The number of aliphatic carboxylic acids is 1. The number of aliphatic hydroxyl groups excluding tert-OH is 3. The van der Waals surface area contributed by atoms with Crippen LogP contribution >= 0.6 is 0 Å². The minimum absolute atomic E-state index is 0.0118. The van der Waals surface area contributed by atoms with Crippen molar-refractivity contribution in [3.63, 3.8) is 0 Å². The van der Waals surface area contributed by atoms with E-state index in [1.54, 1.807) is 6.92 Å². The summed E-state index contributed by atoms with van der Waals surface area (Å²) in [5.41, 5.74) is -1.27. The number of rotatable bonds is 6. The van der Waals surface area contributed by atoms with E-state index < -0.39 is 51.9 Å². The van der Waals surface area contributed by atoms with Crippen LogP contribution in [0.25, 0.3) is 0 Å². The van der Waals surface area contributed by atoms with Gasteiger partial charge in [-0.05, 0) is 60.8 Å². The van der Waals surface area contributed by atoms with Gasteiger partial charge in [0.2, 0.25) is 0 Å². The normalized spacial score (nSPS) is 43.5. The van der Waals surface area contributed by atoms with Crippen LogP contribution in [0.15, 0.2) is 11.1 Å². The van der Waals surface area contributed by atoms with Crippen molar-refractivity contribution >= 4 is 17.5 Å². The summed E-state index contributed by atoms with van der Waals surface area (Å²) in [7, 11) is 0. The Balaban J connectivity index is 1.74. The Hall–Kier alpha value is -1.57.